The molecular weight excluding hydrogens is 352 g/mol. The second-order valence-corrected chi connectivity index (χ2v) is 5.41. The van der Waals surface area contributed by atoms with Gasteiger partial charge < -0.3 is 19.7 Å². The molecule has 1 fully saturated rings. The van der Waals surface area contributed by atoms with Gasteiger partial charge in [-0.3, -0.25) is 5.01 Å². The first kappa shape index (κ1) is 19.9. The molecule has 0 unspecified atom stereocenters. The lowest BCUT2D eigenvalue weighted by molar-refractivity contribution is -0.159. The molecule has 0 saturated carbocycles. The molecule has 0 aliphatic carbocycles. The van der Waals surface area contributed by atoms with Crippen LogP contribution in [0.15, 0.2) is 59.7 Å². The number of carboxylic acids is 2. The van der Waals surface area contributed by atoms with Gasteiger partial charge in [-0.05, 0) is 29.8 Å². The molecule has 0 radical (unpaired) electrons. The van der Waals surface area contributed by atoms with Gasteiger partial charge >= 0.3 is 11.9 Å². The highest BCUT2D eigenvalue weighted by atomic mass is 16.5. The zero-order chi connectivity index (χ0) is 19.5. The van der Waals surface area contributed by atoms with Crippen molar-refractivity contribution in [3.8, 4) is 11.5 Å². The fraction of sp³-hybridized carbons (Fsp3) is 0.211. The standard InChI is InChI=1S/C17H18N2O2.C2H2O4/c1-2-6-16(7-3-1)21-17-8-4-5-15(13-17)14-18-19-9-11-20-12-10-19;3-1(4)2(5)6/h1-8,13-14H,9-12H2;(H,3,4)(H,5,6)/b18-14+;. The number of benzene rings is 2. The number of carboxylic acid groups (broad SMARTS) is 2. The summed E-state index contributed by atoms with van der Waals surface area (Å²) in [4.78, 5) is 18.2. The topological polar surface area (TPSA) is 109 Å². The van der Waals surface area contributed by atoms with Crippen LogP contribution in [-0.4, -0.2) is 59.7 Å². The summed E-state index contributed by atoms with van der Waals surface area (Å²) in [5, 5.41) is 21.3. The van der Waals surface area contributed by atoms with Crippen molar-refractivity contribution in [3.05, 3.63) is 60.2 Å². The van der Waals surface area contributed by atoms with E-state index in [-0.39, 0.29) is 0 Å². The van der Waals surface area contributed by atoms with Crippen LogP contribution in [0.25, 0.3) is 0 Å². The Hall–Kier alpha value is -3.39. The van der Waals surface area contributed by atoms with Crippen LogP contribution < -0.4 is 4.74 Å². The Morgan fingerprint density at radius 2 is 1.59 bits per heavy atom. The van der Waals surface area contributed by atoms with Crippen LogP contribution >= 0.6 is 0 Å². The van der Waals surface area contributed by atoms with E-state index in [0.717, 1.165) is 43.4 Å². The van der Waals surface area contributed by atoms with Crippen LogP contribution in [0.1, 0.15) is 5.56 Å². The maximum atomic E-state index is 9.10. The molecule has 27 heavy (non-hydrogen) atoms. The first-order valence-electron chi connectivity index (χ1n) is 8.20. The molecule has 8 nitrogen and oxygen atoms in total. The third-order valence-corrected chi connectivity index (χ3v) is 3.38. The predicted octanol–water partition coefficient (Wildman–Crippen LogP) is 2.30. The van der Waals surface area contributed by atoms with Gasteiger partial charge in [-0.25, -0.2) is 9.59 Å². The van der Waals surface area contributed by atoms with Gasteiger partial charge in [0.05, 0.1) is 32.5 Å². The van der Waals surface area contributed by atoms with Gasteiger partial charge in [0.15, 0.2) is 0 Å². The van der Waals surface area contributed by atoms with Crippen LogP contribution in [0.2, 0.25) is 0 Å². The van der Waals surface area contributed by atoms with Gasteiger partial charge in [-0.1, -0.05) is 30.3 Å². The Morgan fingerprint density at radius 3 is 2.22 bits per heavy atom. The summed E-state index contributed by atoms with van der Waals surface area (Å²) < 4.78 is 11.1. The number of carbonyl (C=O) groups is 2. The molecular formula is C19H20N2O6. The third-order valence-electron chi connectivity index (χ3n) is 3.38. The van der Waals surface area contributed by atoms with E-state index in [1.165, 1.54) is 0 Å². The molecule has 1 heterocycles. The number of morpholine rings is 1. The number of rotatable bonds is 4. The van der Waals surface area contributed by atoms with Gasteiger partial charge in [-0.15, -0.1) is 0 Å². The average Bonchev–Trinajstić information content (AvgIpc) is 2.69. The molecule has 142 valence electrons. The maximum Gasteiger partial charge on any atom is 0.414 e. The molecule has 0 aromatic heterocycles. The zero-order valence-corrected chi connectivity index (χ0v) is 14.5. The van der Waals surface area contributed by atoms with E-state index in [0.29, 0.717) is 0 Å². The minimum absolute atomic E-state index is 0.745. The van der Waals surface area contributed by atoms with E-state index in [9.17, 15) is 0 Å². The van der Waals surface area contributed by atoms with Gasteiger partial charge in [0.1, 0.15) is 11.5 Å². The Labute approximate surface area is 156 Å². The van der Waals surface area contributed by atoms with Gasteiger partial charge in [0, 0.05) is 0 Å². The van der Waals surface area contributed by atoms with Crippen molar-refractivity contribution in [2.75, 3.05) is 26.3 Å². The van der Waals surface area contributed by atoms with Gasteiger partial charge in [0.2, 0.25) is 0 Å². The average molecular weight is 372 g/mol. The second-order valence-electron chi connectivity index (χ2n) is 5.41. The highest BCUT2D eigenvalue weighted by molar-refractivity contribution is 6.27. The quantitative estimate of drug-likeness (QED) is 0.626. The van der Waals surface area contributed by atoms with Crippen LogP contribution in [0.4, 0.5) is 0 Å². The lowest BCUT2D eigenvalue weighted by atomic mass is 10.2. The summed E-state index contributed by atoms with van der Waals surface area (Å²) in [6.07, 6.45) is 1.86. The van der Waals surface area contributed by atoms with Crippen molar-refractivity contribution in [3.63, 3.8) is 0 Å². The first-order valence-corrected chi connectivity index (χ1v) is 8.20. The van der Waals surface area contributed by atoms with Gasteiger partial charge in [0.25, 0.3) is 0 Å². The normalized spacial score (nSPS) is 13.6. The molecule has 0 atom stereocenters. The monoisotopic (exact) mass is 372 g/mol. The lowest BCUT2D eigenvalue weighted by Crippen LogP contribution is -2.32. The number of hydrogen-bond donors (Lipinski definition) is 2. The van der Waals surface area contributed by atoms with Crippen LogP contribution in [0.3, 0.4) is 0 Å². The first-order chi connectivity index (χ1) is 13.0. The second kappa shape index (κ2) is 10.6. The Kier molecular flexibility index (Phi) is 7.80. The molecule has 2 N–H and O–H groups in total. The SMILES string of the molecule is C(=N\N1CCOCC1)/c1cccc(Oc2ccccc2)c1.O=C(O)C(=O)O. The molecule has 0 amide bonds. The maximum absolute atomic E-state index is 9.10. The summed E-state index contributed by atoms with van der Waals surface area (Å²) in [7, 11) is 0. The fourth-order valence-corrected chi connectivity index (χ4v) is 2.10. The van der Waals surface area contributed by atoms with E-state index < -0.39 is 11.9 Å². The van der Waals surface area contributed by atoms with E-state index in [2.05, 4.69) is 5.10 Å². The number of para-hydroxylation sites is 1. The van der Waals surface area contributed by atoms with Crippen molar-refractivity contribution < 1.29 is 29.3 Å². The van der Waals surface area contributed by atoms with Crippen molar-refractivity contribution in [1.82, 2.24) is 5.01 Å². The van der Waals surface area contributed by atoms with Crippen molar-refractivity contribution in [1.29, 1.82) is 0 Å². The van der Waals surface area contributed by atoms with E-state index in [1.807, 2.05) is 65.8 Å². The summed E-state index contributed by atoms with van der Waals surface area (Å²) in [6.45, 7) is 3.18. The van der Waals surface area contributed by atoms with E-state index >= 15 is 0 Å². The molecule has 0 bridgehead atoms. The van der Waals surface area contributed by atoms with Crippen LogP contribution in [-0.2, 0) is 14.3 Å². The Balaban J connectivity index is 0.000000380. The summed E-state index contributed by atoms with van der Waals surface area (Å²) >= 11 is 0. The van der Waals surface area contributed by atoms with Crippen LogP contribution in [0.5, 0.6) is 11.5 Å². The van der Waals surface area contributed by atoms with Crippen LogP contribution in [0, 0.1) is 0 Å². The Bertz CT molecular complexity index is 761. The molecule has 2 aromatic carbocycles. The smallest absolute Gasteiger partial charge is 0.414 e. The molecule has 3 rings (SSSR count). The predicted molar refractivity (Wildman–Crippen MR) is 98.2 cm³/mol. The summed E-state index contributed by atoms with van der Waals surface area (Å²) in [6, 6.07) is 17.7. The largest absolute Gasteiger partial charge is 0.473 e. The molecule has 0 spiro atoms. The number of hydrogen-bond acceptors (Lipinski definition) is 6. The number of aliphatic carboxylic acids is 2. The number of ether oxygens (including phenoxy) is 2. The van der Waals surface area contributed by atoms with Crippen molar-refractivity contribution in [2.45, 2.75) is 0 Å². The molecule has 2 aromatic rings. The lowest BCUT2D eigenvalue weighted by Gasteiger charge is -2.23. The Morgan fingerprint density at radius 1 is 0.963 bits per heavy atom. The minimum Gasteiger partial charge on any atom is -0.473 e. The number of hydrazone groups is 1. The van der Waals surface area contributed by atoms with Gasteiger partial charge in [-0.2, -0.15) is 5.10 Å². The minimum atomic E-state index is -1.82. The highest BCUT2D eigenvalue weighted by Crippen LogP contribution is 2.21. The molecule has 1 saturated heterocycles. The van der Waals surface area contributed by atoms with E-state index in [4.69, 9.17) is 29.3 Å². The molecule has 8 heteroatoms. The summed E-state index contributed by atoms with van der Waals surface area (Å²) in [5.74, 6) is -2.00. The molecule has 1 aliphatic rings. The van der Waals surface area contributed by atoms with E-state index in [1.54, 1.807) is 0 Å². The fourth-order valence-electron chi connectivity index (χ4n) is 2.10. The third kappa shape index (κ3) is 7.57. The van der Waals surface area contributed by atoms with Crippen molar-refractivity contribution in [2.24, 2.45) is 5.10 Å². The summed E-state index contributed by atoms with van der Waals surface area (Å²) in [5.41, 5.74) is 1.02. The zero-order valence-electron chi connectivity index (χ0n) is 14.5. The highest BCUT2D eigenvalue weighted by Gasteiger charge is 2.06. The molecule has 1 aliphatic heterocycles. The van der Waals surface area contributed by atoms with Crippen molar-refractivity contribution >= 4 is 18.2 Å². The number of nitrogens with zero attached hydrogens (tertiary/aromatic N) is 2.